The number of halogens is 1. The summed E-state index contributed by atoms with van der Waals surface area (Å²) in [5.74, 6) is 0.0513. The maximum atomic E-state index is 13.2. The number of hydrogen-bond acceptors (Lipinski definition) is 2. The van der Waals surface area contributed by atoms with Crippen LogP contribution < -0.4 is 0 Å². The molecule has 4 aromatic rings. The van der Waals surface area contributed by atoms with E-state index in [1.807, 2.05) is 54.6 Å². The molecule has 1 atom stereocenters. The molecular formula is C23H17ClN2O2. The molecule has 2 N–H and O–H groups in total. The summed E-state index contributed by atoms with van der Waals surface area (Å²) in [6, 6.07) is 22.0. The molecule has 0 aliphatic carbocycles. The monoisotopic (exact) mass is 388 g/mol. The van der Waals surface area contributed by atoms with Crippen molar-refractivity contribution in [3.63, 3.8) is 0 Å². The summed E-state index contributed by atoms with van der Waals surface area (Å²) < 4.78 is 0. The van der Waals surface area contributed by atoms with Gasteiger partial charge < -0.3 is 15.0 Å². The topological polar surface area (TPSA) is 56.3 Å². The summed E-state index contributed by atoms with van der Waals surface area (Å²) in [6.45, 7) is 0.473. The molecule has 1 aliphatic heterocycles. The van der Waals surface area contributed by atoms with Gasteiger partial charge in [0, 0.05) is 33.9 Å². The summed E-state index contributed by atoms with van der Waals surface area (Å²) in [7, 11) is 0. The Balaban J connectivity index is 1.69. The molecule has 3 aromatic carbocycles. The zero-order chi connectivity index (χ0) is 19.3. The van der Waals surface area contributed by atoms with Gasteiger partial charge in [-0.3, -0.25) is 4.79 Å². The zero-order valence-electron chi connectivity index (χ0n) is 14.9. The average molecular weight is 389 g/mol. The Kier molecular flexibility index (Phi) is 3.88. The standard InChI is InChI=1S/C23H17ClN2O2/c24-16-9-10-21(27)18(12-16)22(20-11-14-5-2-4-8-19(14)25-20)26-13-15-6-1-3-7-17(15)23(26)28/h1-12,22,25,27H,13H2. The third-order valence-electron chi connectivity index (χ3n) is 5.29. The smallest absolute Gasteiger partial charge is 0.255 e. The number of H-pyrrole nitrogens is 1. The third kappa shape index (κ3) is 2.65. The summed E-state index contributed by atoms with van der Waals surface area (Å²) in [5.41, 5.74) is 4.09. The molecule has 0 radical (unpaired) electrons. The molecular weight excluding hydrogens is 372 g/mol. The van der Waals surface area contributed by atoms with Gasteiger partial charge in [0.05, 0.1) is 0 Å². The van der Waals surface area contributed by atoms with E-state index in [9.17, 15) is 9.90 Å². The van der Waals surface area contributed by atoms with Crippen LogP contribution in [0.15, 0.2) is 72.8 Å². The van der Waals surface area contributed by atoms with Gasteiger partial charge in [-0.15, -0.1) is 0 Å². The number of aromatic amines is 1. The highest BCUT2D eigenvalue weighted by molar-refractivity contribution is 6.30. The van der Waals surface area contributed by atoms with Crippen LogP contribution in [0.3, 0.4) is 0 Å². The minimum Gasteiger partial charge on any atom is -0.508 e. The lowest BCUT2D eigenvalue weighted by Gasteiger charge is -2.28. The van der Waals surface area contributed by atoms with Gasteiger partial charge in [0.25, 0.3) is 5.91 Å². The van der Waals surface area contributed by atoms with Crippen LogP contribution >= 0.6 is 11.6 Å². The second-order valence-electron chi connectivity index (χ2n) is 7.01. The Hall–Kier alpha value is -3.24. The number of phenolic OH excluding ortho intramolecular Hbond substituents is 1. The molecule has 1 aliphatic rings. The number of benzene rings is 3. The predicted octanol–water partition coefficient (Wildman–Crippen LogP) is 5.27. The minimum absolute atomic E-state index is 0.0568. The minimum atomic E-state index is -0.481. The second-order valence-corrected chi connectivity index (χ2v) is 7.44. The second kappa shape index (κ2) is 6.43. The van der Waals surface area contributed by atoms with Crippen LogP contribution in [0.2, 0.25) is 5.02 Å². The lowest BCUT2D eigenvalue weighted by atomic mass is 10.0. The van der Waals surface area contributed by atoms with E-state index in [4.69, 9.17) is 11.6 Å². The van der Waals surface area contributed by atoms with Gasteiger partial charge in [-0.2, -0.15) is 0 Å². The molecule has 1 unspecified atom stereocenters. The Morgan fingerprint density at radius 3 is 2.61 bits per heavy atom. The first-order chi connectivity index (χ1) is 13.6. The van der Waals surface area contributed by atoms with E-state index in [1.165, 1.54) is 0 Å². The molecule has 138 valence electrons. The fourth-order valence-electron chi connectivity index (χ4n) is 3.98. The fourth-order valence-corrected chi connectivity index (χ4v) is 4.16. The molecule has 1 amide bonds. The van der Waals surface area contributed by atoms with Crippen molar-refractivity contribution in [1.82, 2.24) is 9.88 Å². The number of rotatable bonds is 3. The normalized spacial score (nSPS) is 14.5. The number of amides is 1. The molecule has 1 aromatic heterocycles. The summed E-state index contributed by atoms with van der Waals surface area (Å²) in [5, 5.41) is 12.2. The van der Waals surface area contributed by atoms with Crippen molar-refractivity contribution < 1.29 is 9.90 Å². The largest absolute Gasteiger partial charge is 0.508 e. The van der Waals surface area contributed by atoms with Gasteiger partial charge in [0.2, 0.25) is 0 Å². The van der Waals surface area contributed by atoms with E-state index in [2.05, 4.69) is 4.98 Å². The maximum absolute atomic E-state index is 13.2. The molecule has 2 heterocycles. The van der Waals surface area contributed by atoms with Crippen LogP contribution in [0.25, 0.3) is 10.9 Å². The van der Waals surface area contributed by atoms with E-state index in [0.29, 0.717) is 22.7 Å². The van der Waals surface area contributed by atoms with E-state index < -0.39 is 6.04 Å². The van der Waals surface area contributed by atoms with Crippen LogP contribution in [0, 0.1) is 0 Å². The fraction of sp³-hybridized carbons (Fsp3) is 0.0870. The number of phenols is 1. The first-order valence-corrected chi connectivity index (χ1v) is 9.44. The number of hydrogen-bond donors (Lipinski definition) is 2. The molecule has 0 spiro atoms. The van der Waals surface area contributed by atoms with E-state index in [1.54, 1.807) is 23.1 Å². The lowest BCUT2D eigenvalue weighted by molar-refractivity contribution is 0.0727. The summed E-state index contributed by atoms with van der Waals surface area (Å²) in [4.78, 5) is 18.4. The van der Waals surface area contributed by atoms with Gasteiger partial charge in [-0.05, 0) is 47.3 Å². The Bertz CT molecular complexity index is 1180. The Morgan fingerprint density at radius 1 is 1.00 bits per heavy atom. The molecule has 5 rings (SSSR count). The first kappa shape index (κ1) is 16.9. The van der Waals surface area contributed by atoms with Crippen molar-refractivity contribution >= 4 is 28.4 Å². The number of nitrogens with one attached hydrogen (secondary N) is 1. The molecule has 0 bridgehead atoms. The van der Waals surface area contributed by atoms with Crippen LogP contribution in [-0.2, 0) is 6.54 Å². The van der Waals surface area contributed by atoms with E-state index in [0.717, 1.165) is 22.2 Å². The molecule has 28 heavy (non-hydrogen) atoms. The SMILES string of the molecule is O=C1c2ccccc2CN1C(c1cc2ccccc2[nH]1)c1cc(Cl)ccc1O. The van der Waals surface area contributed by atoms with Crippen molar-refractivity contribution in [1.29, 1.82) is 0 Å². The zero-order valence-corrected chi connectivity index (χ0v) is 15.6. The number of aromatic hydroxyl groups is 1. The summed E-state index contributed by atoms with van der Waals surface area (Å²) >= 11 is 6.23. The average Bonchev–Trinajstić information content (AvgIpc) is 3.27. The van der Waals surface area contributed by atoms with Gasteiger partial charge in [-0.25, -0.2) is 0 Å². The first-order valence-electron chi connectivity index (χ1n) is 9.07. The molecule has 0 fully saturated rings. The van der Waals surface area contributed by atoms with Gasteiger partial charge in [-0.1, -0.05) is 48.0 Å². The van der Waals surface area contributed by atoms with E-state index in [-0.39, 0.29) is 11.7 Å². The Labute approximate surface area is 167 Å². The van der Waals surface area contributed by atoms with Crippen LogP contribution in [0.1, 0.15) is 33.2 Å². The van der Waals surface area contributed by atoms with Gasteiger partial charge >= 0.3 is 0 Å². The van der Waals surface area contributed by atoms with Crippen molar-refractivity contribution in [3.8, 4) is 5.75 Å². The molecule has 4 nitrogen and oxygen atoms in total. The van der Waals surface area contributed by atoms with Crippen LogP contribution in [0.5, 0.6) is 5.75 Å². The van der Waals surface area contributed by atoms with Gasteiger partial charge in [0.1, 0.15) is 11.8 Å². The Morgan fingerprint density at radius 2 is 1.79 bits per heavy atom. The van der Waals surface area contributed by atoms with Gasteiger partial charge in [0.15, 0.2) is 0 Å². The maximum Gasteiger partial charge on any atom is 0.255 e. The molecule has 5 heteroatoms. The predicted molar refractivity (Wildman–Crippen MR) is 110 cm³/mol. The number of para-hydroxylation sites is 1. The highest BCUT2D eigenvalue weighted by Crippen LogP contribution is 2.40. The number of nitrogens with zero attached hydrogens (tertiary/aromatic N) is 1. The quantitative estimate of drug-likeness (QED) is 0.502. The van der Waals surface area contributed by atoms with Crippen LogP contribution in [0.4, 0.5) is 0 Å². The molecule has 0 saturated heterocycles. The number of carbonyl (C=O) groups is 1. The van der Waals surface area contributed by atoms with Crippen molar-refractivity contribution in [2.45, 2.75) is 12.6 Å². The summed E-state index contributed by atoms with van der Waals surface area (Å²) in [6.07, 6.45) is 0. The van der Waals surface area contributed by atoms with Crippen LogP contribution in [-0.4, -0.2) is 20.9 Å². The van der Waals surface area contributed by atoms with Crippen molar-refractivity contribution in [2.24, 2.45) is 0 Å². The number of fused-ring (bicyclic) bond motifs is 2. The number of aromatic nitrogens is 1. The molecule has 0 saturated carbocycles. The highest BCUT2D eigenvalue weighted by atomic mass is 35.5. The van der Waals surface area contributed by atoms with Crippen molar-refractivity contribution in [3.05, 3.63) is 100 Å². The number of carbonyl (C=O) groups excluding carboxylic acids is 1. The van der Waals surface area contributed by atoms with E-state index >= 15 is 0 Å². The highest BCUT2D eigenvalue weighted by Gasteiger charge is 2.36. The lowest BCUT2D eigenvalue weighted by Crippen LogP contribution is -2.30. The van der Waals surface area contributed by atoms with Crippen molar-refractivity contribution in [2.75, 3.05) is 0 Å². The third-order valence-corrected chi connectivity index (χ3v) is 5.53.